The Labute approximate surface area is 183 Å². The maximum absolute atomic E-state index is 12.4. The van der Waals surface area contributed by atoms with Crippen LogP contribution in [0.2, 0.25) is 10.0 Å². The van der Waals surface area contributed by atoms with Crippen molar-refractivity contribution in [3.63, 3.8) is 0 Å². The van der Waals surface area contributed by atoms with E-state index >= 15 is 0 Å². The Bertz CT molecular complexity index is 1050. The normalized spacial score (nSPS) is 10.7. The standard InChI is InChI=1S/C22H20Cl2N2O2S/c1-13-19(16-11-10-15(23)12-17(16)24)20(21(25)28)22(29-13)26-18(27)9-5-8-14-6-3-2-4-7-14/h2-4,6-7,10-12H,5,8-9H2,1H3,(H2,25,28)(H,26,27). The first-order chi connectivity index (χ1) is 13.9. The molecule has 0 unspecified atom stereocenters. The lowest BCUT2D eigenvalue weighted by Gasteiger charge is -2.09. The van der Waals surface area contributed by atoms with Crippen LogP contribution in [0.3, 0.4) is 0 Å². The Kier molecular flexibility index (Phi) is 6.96. The summed E-state index contributed by atoms with van der Waals surface area (Å²) < 4.78 is 0. The number of thiophene rings is 1. The number of aryl methyl sites for hydroxylation is 2. The van der Waals surface area contributed by atoms with Gasteiger partial charge in [-0.25, -0.2) is 0 Å². The molecule has 150 valence electrons. The van der Waals surface area contributed by atoms with Gasteiger partial charge in [0.2, 0.25) is 5.91 Å². The first kappa shape index (κ1) is 21.4. The van der Waals surface area contributed by atoms with Gasteiger partial charge in [-0.05, 0) is 37.5 Å². The fourth-order valence-electron chi connectivity index (χ4n) is 3.17. The van der Waals surface area contributed by atoms with Gasteiger partial charge in [-0.15, -0.1) is 11.3 Å². The number of hydrogen-bond acceptors (Lipinski definition) is 3. The summed E-state index contributed by atoms with van der Waals surface area (Å²) in [5.74, 6) is -0.770. The quantitative estimate of drug-likeness (QED) is 0.460. The van der Waals surface area contributed by atoms with Crippen molar-refractivity contribution in [3.05, 3.63) is 74.6 Å². The van der Waals surface area contributed by atoms with Gasteiger partial charge in [0.05, 0.1) is 5.56 Å². The average molecular weight is 447 g/mol. The van der Waals surface area contributed by atoms with E-state index < -0.39 is 5.91 Å². The molecule has 3 N–H and O–H groups in total. The van der Waals surface area contributed by atoms with Gasteiger partial charge in [0.1, 0.15) is 5.00 Å². The number of nitrogens with two attached hydrogens (primary N) is 1. The molecule has 0 aliphatic rings. The maximum Gasteiger partial charge on any atom is 0.252 e. The third kappa shape index (κ3) is 5.18. The fraction of sp³-hybridized carbons (Fsp3) is 0.182. The molecule has 0 radical (unpaired) electrons. The zero-order chi connectivity index (χ0) is 21.0. The molecule has 3 aromatic rings. The van der Waals surface area contributed by atoms with Gasteiger partial charge < -0.3 is 11.1 Å². The van der Waals surface area contributed by atoms with E-state index in [1.54, 1.807) is 18.2 Å². The van der Waals surface area contributed by atoms with E-state index in [2.05, 4.69) is 5.32 Å². The third-order valence-electron chi connectivity index (χ3n) is 4.50. The van der Waals surface area contributed by atoms with E-state index in [0.29, 0.717) is 39.0 Å². The molecule has 1 heterocycles. The molecule has 2 amide bonds. The molecule has 4 nitrogen and oxygen atoms in total. The van der Waals surface area contributed by atoms with Gasteiger partial charge in [0, 0.05) is 32.5 Å². The number of hydrogen-bond donors (Lipinski definition) is 2. The summed E-state index contributed by atoms with van der Waals surface area (Å²) in [6.07, 6.45) is 1.87. The van der Waals surface area contributed by atoms with Crippen molar-refractivity contribution in [1.29, 1.82) is 0 Å². The highest BCUT2D eigenvalue weighted by molar-refractivity contribution is 7.17. The van der Waals surface area contributed by atoms with Crippen LogP contribution in [0.5, 0.6) is 0 Å². The smallest absolute Gasteiger partial charge is 0.252 e. The fourth-order valence-corrected chi connectivity index (χ4v) is 4.76. The number of primary amides is 1. The van der Waals surface area contributed by atoms with E-state index in [4.69, 9.17) is 28.9 Å². The Hall–Kier alpha value is -2.34. The molecule has 0 spiro atoms. The minimum atomic E-state index is -0.616. The number of carbonyl (C=O) groups is 2. The van der Waals surface area contributed by atoms with Crippen LogP contribution < -0.4 is 11.1 Å². The molecule has 1 aromatic heterocycles. The van der Waals surface area contributed by atoms with Gasteiger partial charge in [-0.1, -0.05) is 59.6 Å². The highest BCUT2D eigenvalue weighted by atomic mass is 35.5. The molecule has 0 aliphatic heterocycles. The molecule has 0 saturated carbocycles. The highest BCUT2D eigenvalue weighted by Crippen LogP contribution is 2.42. The van der Waals surface area contributed by atoms with Gasteiger partial charge >= 0.3 is 0 Å². The number of halogens is 2. The van der Waals surface area contributed by atoms with Crippen LogP contribution in [0, 0.1) is 6.92 Å². The summed E-state index contributed by atoms with van der Waals surface area (Å²) in [6.45, 7) is 1.86. The van der Waals surface area contributed by atoms with Crippen molar-refractivity contribution in [2.24, 2.45) is 5.73 Å². The maximum atomic E-state index is 12.4. The number of nitrogens with one attached hydrogen (secondary N) is 1. The van der Waals surface area contributed by atoms with Gasteiger partial charge in [-0.2, -0.15) is 0 Å². The predicted octanol–water partition coefficient (Wildman–Crippen LogP) is 6.09. The lowest BCUT2D eigenvalue weighted by molar-refractivity contribution is -0.116. The van der Waals surface area contributed by atoms with E-state index in [9.17, 15) is 9.59 Å². The summed E-state index contributed by atoms with van der Waals surface area (Å²) in [4.78, 5) is 25.5. The molecule has 29 heavy (non-hydrogen) atoms. The first-order valence-corrected chi connectivity index (χ1v) is 10.7. The van der Waals surface area contributed by atoms with Crippen LogP contribution >= 0.6 is 34.5 Å². The molecule has 0 aliphatic carbocycles. The van der Waals surface area contributed by atoms with Crippen molar-refractivity contribution in [2.45, 2.75) is 26.2 Å². The minimum absolute atomic E-state index is 0.154. The minimum Gasteiger partial charge on any atom is -0.365 e. The van der Waals surface area contributed by atoms with Gasteiger partial charge in [0.25, 0.3) is 5.91 Å². The first-order valence-electron chi connectivity index (χ1n) is 9.09. The number of rotatable bonds is 7. The molecule has 0 bridgehead atoms. The molecule has 2 aromatic carbocycles. The van der Waals surface area contributed by atoms with Gasteiger partial charge in [-0.3, -0.25) is 9.59 Å². The molecule has 7 heteroatoms. The number of benzene rings is 2. The second kappa shape index (κ2) is 9.44. The Balaban J connectivity index is 1.79. The van der Waals surface area contributed by atoms with E-state index in [1.807, 2.05) is 37.3 Å². The van der Waals surface area contributed by atoms with Crippen molar-refractivity contribution in [1.82, 2.24) is 0 Å². The third-order valence-corrected chi connectivity index (χ3v) is 6.06. The van der Waals surface area contributed by atoms with Gasteiger partial charge in [0.15, 0.2) is 0 Å². The van der Waals surface area contributed by atoms with Crippen molar-refractivity contribution in [2.75, 3.05) is 5.32 Å². The second-order valence-corrected chi connectivity index (χ2v) is 8.68. The summed E-state index contributed by atoms with van der Waals surface area (Å²) in [5.41, 5.74) is 8.39. The zero-order valence-electron chi connectivity index (χ0n) is 15.8. The van der Waals surface area contributed by atoms with Crippen LogP contribution in [-0.4, -0.2) is 11.8 Å². The molecule has 0 atom stereocenters. The van der Waals surface area contributed by atoms with E-state index in [-0.39, 0.29) is 11.5 Å². The predicted molar refractivity (Wildman–Crippen MR) is 121 cm³/mol. The Morgan fingerprint density at radius 1 is 1.10 bits per heavy atom. The molecule has 3 rings (SSSR count). The molecular weight excluding hydrogens is 427 g/mol. The van der Waals surface area contributed by atoms with Crippen LogP contribution in [-0.2, 0) is 11.2 Å². The summed E-state index contributed by atoms with van der Waals surface area (Å²) >= 11 is 13.6. The summed E-state index contributed by atoms with van der Waals surface area (Å²) in [7, 11) is 0. The van der Waals surface area contributed by atoms with E-state index in [1.165, 1.54) is 16.9 Å². The largest absolute Gasteiger partial charge is 0.365 e. The lowest BCUT2D eigenvalue weighted by Crippen LogP contribution is -2.17. The van der Waals surface area contributed by atoms with Crippen LogP contribution in [0.25, 0.3) is 11.1 Å². The average Bonchev–Trinajstić information content (AvgIpc) is 2.98. The monoisotopic (exact) mass is 446 g/mol. The number of carbonyl (C=O) groups excluding carboxylic acids is 2. The van der Waals surface area contributed by atoms with Crippen LogP contribution in [0.1, 0.15) is 33.6 Å². The SMILES string of the molecule is Cc1sc(NC(=O)CCCc2ccccc2)c(C(N)=O)c1-c1ccc(Cl)cc1Cl. The molecule has 0 saturated heterocycles. The topological polar surface area (TPSA) is 72.2 Å². The molecular formula is C22H20Cl2N2O2S. The van der Waals surface area contributed by atoms with Crippen molar-refractivity contribution in [3.8, 4) is 11.1 Å². The van der Waals surface area contributed by atoms with E-state index in [0.717, 1.165) is 11.3 Å². The molecule has 0 fully saturated rings. The number of anilines is 1. The summed E-state index contributed by atoms with van der Waals surface area (Å²) in [6, 6.07) is 15.1. The second-order valence-electron chi connectivity index (χ2n) is 6.61. The van der Waals surface area contributed by atoms with Crippen molar-refractivity contribution < 1.29 is 9.59 Å². The van der Waals surface area contributed by atoms with Crippen LogP contribution in [0.15, 0.2) is 48.5 Å². The lowest BCUT2D eigenvalue weighted by atomic mass is 10.0. The highest BCUT2D eigenvalue weighted by Gasteiger charge is 2.24. The summed E-state index contributed by atoms with van der Waals surface area (Å²) in [5, 5.41) is 4.21. The number of amides is 2. The van der Waals surface area contributed by atoms with Crippen LogP contribution in [0.4, 0.5) is 5.00 Å². The zero-order valence-corrected chi connectivity index (χ0v) is 18.1. The van der Waals surface area contributed by atoms with Crippen molar-refractivity contribution >= 4 is 51.4 Å². The Morgan fingerprint density at radius 2 is 1.83 bits per heavy atom. The Morgan fingerprint density at radius 3 is 2.48 bits per heavy atom.